The van der Waals surface area contributed by atoms with Gasteiger partial charge in [-0.3, -0.25) is 0 Å². The van der Waals surface area contributed by atoms with E-state index in [-0.39, 0.29) is 17.5 Å². The molecule has 2 aliphatic rings. The van der Waals surface area contributed by atoms with E-state index in [2.05, 4.69) is 61.0 Å². The summed E-state index contributed by atoms with van der Waals surface area (Å²) in [6, 6.07) is 10.3. The predicted molar refractivity (Wildman–Crippen MR) is 139 cm³/mol. The minimum atomic E-state index is -0.848. The number of hydrogen-bond donors (Lipinski definition) is 3. The number of anilines is 1. The SMILES string of the molecule is Cc1ncnc2c1ccn2C1CC2(CC(Cc3ccc4cc(Br)c(N)nc4c3)N(C)C2)C(O)C1O. The molecule has 4 N–H and O–H groups in total. The third-order valence-electron chi connectivity index (χ3n) is 8.19. The lowest BCUT2D eigenvalue weighted by Gasteiger charge is -2.27. The normalized spacial score (nSPS) is 29.2. The van der Waals surface area contributed by atoms with Crippen molar-refractivity contribution in [3.8, 4) is 0 Å². The molecule has 4 heterocycles. The van der Waals surface area contributed by atoms with E-state index in [0.717, 1.165) is 51.5 Å². The maximum absolute atomic E-state index is 11.3. The van der Waals surface area contributed by atoms with Crippen molar-refractivity contribution in [2.24, 2.45) is 5.41 Å². The molecule has 3 aromatic heterocycles. The first-order chi connectivity index (χ1) is 16.8. The van der Waals surface area contributed by atoms with Gasteiger partial charge < -0.3 is 25.4 Å². The van der Waals surface area contributed by atoms with Crippen LogP contribution in [0.4, 0.5) is 5.82 Å². The lowest BCUT2D eigenvalue weighted by Crippen LogP contribution is -2.38. The van der Waals surface area contributed by atoms with Crippen molar-refractivity contribution in [2.45, 2.75) is 50.5 Å². The molecule has 1 aromatic carbocycles. The smallest absolute Gasteiger partial charge is 0.143 e. The maximum Gasteiger partial charge on any atom is 0.143 e. The Morgan fingerprint density at radius 1 is 1.17 bits per heavy atom. The first-order valence-electron chi connectivity index (χ1n) is 11.9. The number of pyridine rings is 1. The van der Waals surface area contributed by atoms with Crippen LogP contribution >= 0.6 is 15.9 Å². The van der Waals surface area contributed by atoms with Crippen molar-refractivity contribution in [1.82, 2.24) is 24.4 Å². The molecule has 1 aliphatic carbocycles. The number of hydrogen-bond acceptors (Lipinski definition) is 7. The summed E-state index contributed by atoms with van der Waals surface area (Å²) in [7, 11) is 2.11. The summed E-state index contributed by atoms with van der Waals surface area (Å²) in [4.78, 5) is 15.6. The minimum absolute atomic E-state index is 0.227. The van der Waals surface area contributed by atoms with Crippen LogP contribution in [0.3, 0.4) is 0 Å². The van der Waals surface area contributed by atoms with Crippen LogP contribution in [-0.4, -0.2) is 66.5 Å². The molecule has 5 atom stereocenters. The minimum Gasteiger partial charge on any atom is -0.390 e. The number of rotatable bonds is 3. The van der Waals surface area contributed by atoms with Crippen LogP contribution in [0, 0.1) is 12.3 Å². The second-order valence-corrected chi connectivity index (χ2v) is 11.2. The van der Waals surface area contributed by atoms with E-state index < -0.39 is 12.2 Å². The van der Waals surface area contributed by atoms with E-state index in [9.17, 15) is 10.2 Å². The highest BCUT2D eigenvalue weighted by molar-refractivity contribution is 9.10. The van der Waals surface area contributed by atoms with Crippen LogP contribution in [0.25, 0.3) is 21.9 Å². The Hall–Kier alpha value is -2.59. The second-order valence-electron chi connectivity index (χ2n) is 10.3. The van der Waals surface area contributed by atoms with Crippen LogP contribution in [0.5, 0.6) is 0 Å². The number of benzene rings is 1. The van der Waals surface area contributed by atoms with Crippen molar-refractivity contribution in [3.05, 3.63) is 58.6 Å². The number of likely N-dealkylation sites (tertiary alicyclic amines) is 1. The fourth-order valence-electron chi connectivity index (χ4n) is 6.36. The number of nitrogen functional groups attached to an aromatic ring is 1. The summed E-state index contributed by atoms with van der Waals surface area (Å²) in [5.41, 5.74) is 9.42. The number of aliphatic hydroxyl groups is 2. The highest BCUT2D eigenvalue weighted by Gasteiger charge is 2.57. The third kappa shape index (κ3) is 3.64. The average molecular weight is 537 g/mol. The van der Waals surface area contributed by atoms with Gasteiger partial charge in [-0.1, -0.05) is 12.1 Å². The summed E-state index contributed by atoms with van der Waals surface area (Å²) in [5, 5.41) is 24.5. The summed E-state index contributed by atoms with van der Waals surface area (Å²) in [6.07, 6.45) is 4.25. The zero-order valence-electron chi connectivity index (χ0n) is 19.8. The maximum atomic E-state index is 11.3. The molecule has 6 rings (SSSR count). The van der Waals surface area contributed by atoms with Crippen molar-refractivity contribution in [2.75, 3.05) is 19.3 Å². The van der Waals surface area contributed by atoms with Crippen molar-refractivity contribution in [1.29, 1.82) is 0 Å². The number of fused-ring (bicyclic) bond motifs is 2. The molecule has 0 radical (unpaired) electrons. The van der Waals surface area contributed by atoms with Gasteiger partial charge in [0.05, 0.1) is 27.8 Å². The van der Waals surface area contributed by atoms with Gasteiger partial charge in [0.2, 0.25) is 0 Å². The van der Waals surface area contributed by atoms with E-state index >= 15 is 0 Å². The Bertz CT molecular complexity index is 1440. The van der Waals surface area contributed by atoms with Crippen molar-refractivity contribution in [3.63, 3.8) is 0 Å². The molecular weight excluding hydrogens is 508 g/mol. The first-order valence-corrected chi connectivity index (χ1v) is 12.7. The van der Waals surface area contributed by atoms with Gasteiger partial charge in [0.15, 0.2) is 0 Å². The molecular formula is C26H29BrN6O2. The van der Waals surface area contributed by atoms with Crippen LogP contribution in [0.15, 0.2) is 47.3 Å². The number of nitrogens with zero attached hydrogens (tertiary/aromatic N) is 5. The number of likely N-dealkylation sites (N-methyl/N-ethyl adjacent to an activating group) is 1. The topological polar surface area (TPSA) is 113 Å². The fourth-order valence-corrected chi connectivity index (χ4v) is 6.70. The van der Waals surface area contributed by atoms with Gasteiger partial charge in [0.25, 0.3) is 0 Å². The number of aryl methyl sites for hydroxylation is 1. The molecule has 35 heavy (non-hydrogen) atoms. The van der Waals surface area contributed by atoms with Crippen LogP contribution in [-0.2, 0) is 6.42 Å². The summed E-state index contributed by atoms with van der Waals surface area (Å²) in [6.45, 7) is 2.70. The molecule has 4 aromatic rings. The Labute approximate surface area is 211 Å². The molecule has 1 saturated heterocycles. The Morgan fingerprint density at radius 3 is 2.83 bits per heavy atom. The second kappa shape index (κ2) is 8.23. The van der Waals surface area contributed by atoms with Crippen LogP contribution < -0.4 is 5.73 Å². The molecule has 1 aliphatic heterocycles. The van der Waals surface area contributed by atoms with E-state index in [1.54, 1.807) is 6.33 Å². The Balaban J connectivity index is 1.26. The molecule has 5 unspecified atom stereocenters. The van der Waals surface area contributed by atoms with Gasteiger partial charge in [0, 0.05) is 35.0 Å². The number of halogens is 1. The van der Waals surface area contributed by atoms with Crippen LogP contribution in [0.2, 0.25) is 0 Å². The number of aromatic nitrogens is 4. The molecule has 2 fully saturated rings. The highest BCUT2D eigenvalue weighted by Crippen LogP contribution is 2.52. The average Bonchev–Trinajstić information content (AvgIpc) is 3.46. The number of aliphatic hydroxyl groups excluding tert-OH is 2. The van der Waals surface area contributed by atoms with Gasteiger partial charge in [-0.15, -0.1) is 0 Å². The van der Waals surface area contributed by atoms with E-state index in [4.69, 9.17) is 5.73 Å². The first kappa shape index (κ1) is 22.8. The molecule has 1 spiro atoms. The van der Waals surface area contributed by atoms with E-state index in [0.29, 0.717) is 12.2 Å². The zero-order valence-corrected chi connectivity index (χ0v) is 21.4. The lowest BCUT2D eigenvalue weighted by atomic mass is 9.80. The number of nitrogens with two attached hydrogens (primary N) is 1. The molecule has 9 heteroatoms. The van der Waals surface area contributed by atoms with Gasteiger partial charge in [-0.25, -0.2) is 15.0 Å². The van der Waals surface area contributed by atoms with Gasteiger partial charge >= 0.3 is 0 Å². The predicted octanol–water partition coefficient (Wildman–Crippen LogP) is 3.23. The van der Waals surface area contributed by atoms with Gasteiger partial charge in [0.1, 0.15) is 23.9 Å². The highest BCUT2D eigenvalue weighted by atomic mass is 79.9. The molecule has 0 amide bonds. The summed E-state index contributed by atoms with van der Waals surface area (Å²) < 4.78 is 2.83. The molecule has 8 nitrogen and oxygen atoms in total. The Kier molecular flexibility index (Phi) is 5.37. The quantitative estimate of drug-likeness (QED) is 0.368. The van der Waals surface area contributed by atoms with E-state index in [1.807, 2.05) is 29.8 Å². The van der Waals surface area contributed by atoms with Crippen molar-refractivity contribution >= 4 is 43.7 Å². The molecule has 1 saturated carbocycles. The zero-order chi connectivity index (χ0) is 24.5. The molecule has 182 valence electrons. The largest absolute Gasteiger partial charge is 0.390 e. The third-order valence-corrected chi connectivity index (χ3v) is 8.83. The van der Waals surface area contributed by atoms with Crippen LogP contribution in [0.1, 0.15) is 30.1 Å². The van der Waals surface area contributed by atoms with Gasteiger partial charge in [-0.05, 0) is 72.9 Å². The monoisotopic (exact) mass is 536 g/mol. The molecule has 0 bridgehead atoms. The Morgan fingerprint density at radius 2 is 2.00 bits per heavy atom. The fraction of sp³-hybridized carbons (Fsp3) is 0.423. The lowest BCUT2D eigenvalue weighted by molar-refractivity contribution is -0.0238. The van der Waals surface area contributed by atoms with Gasteiger partial charge in [-0.2, -0.15) is 0 Å². The summed E-state index contributed by atoms with van der Waals surface area (Å²) >= 11 is 3.45. The summed E-state index contributed by atoms with van der Waals surface area (Å²) in [5.74, 6) is 0.485. The standard InChI is InChI=1S/C26H29BrN6O2/c1-14-18-5-6-33(25(18)30-13-29-14)21-11-26(23(35)22(21)34)10-17(32(2)12-26)7-15-3-4-16-9-19(27)24(28)31-20(16)8-15/h3-6,8-9,13,17,21-23,34-35H,7,10-12H2,1-2H3,(H2,28,31). The van der Waals surface area contributed by atoms with E-state index in [1.165, 1.54) is 5.56 Å². The van der Waals surface area contributed by atoms with Crippen molar-refractivity contribution < 1.29 is 10.2 Å².